The summed E-state index contributed by atoms with van der Waals surface area (Å²) in [7, 11) is 0. The predicted octanol–water partition coefficient (Wildman–Crippen LogP) is 19.4. The zero-order valence-electron chi connectivity index (χ0n) is 40.3. The van der Waals surface area contributed by atoms with E-state index >= 15 is 0 Å². The zero-order chi connectivity index (χ0) is 48.2. The number of thiophene rings is 1. The van der Waals surface area contributed by atoms with Crippen molar-refractivity contribution >= 4 is 70.5 Å². The van der Waals surface area contributed by atoms with Crippen LogP contribution < -0.4 is 4.90 Å². The molecule has 1 spiro atoms. The van der Waals surface area contributed by atoms with E-state index in [1.54, 1.807) is 0 Å². The molecule has 2 aromatic heterocycles. The van der Waals surface area contributed by atoms with Crippen LogP contribution in [0.25, 0.3) is 97.7 Å². The van der Waals surface area contributed by atoms with Crippen LogP contribution in [0.15, 0.2) is 241 Å². The molecule has 1 atom stereocenters. The topological polar surface area (TPSA) is 16.4 Å². The minimum atomic E-state index is -0.467. The Labute approximate surface area is 427 Å². The normalized spacial score (nSPS) is 15.4. The Hall–Kier alpha value is -8.76. The van der Waals surface area contributed by atoms with Gasteiger partial charge in [-0.15, -0.1) is 11.3 Å². The molecule has 0 saturated heterocycles. The number of hydrogen-bond acceptors (Lipinski definition) is 3. The van der Waals surface area contributed by atoms with E-state index in [4.69, 9.17) is 4.42 Å². The van der Waals surface area contributed by atoms with Crippen LogP contribution in [0.3, 0.4) is 0 Å². The van der Waals surface area contributed by atoms with Gasteiger partial charge < -0.3 is 9.32 Å². The van der Waals surface area contributed by atoms with E-state index in [-0.39, 0.29) is 5.41 Å². The molecule has 0 N–H and O–H groups in total. The molecule has 0 radical (unpaired) electrons. The third-order valence-corrected chi connectivity index (χ3v) is 18.0. The number of para-hydroxylation sites is 2. The molecule has 0 aliphatic heterocycles. The van der Waals surface area contributed by atoms with Gasteiger partial charge in [0.25, 0.3) is 0 Å². The molecule has 1 unspecified atom stereocenters. The Morgan fingerprint density at radius 1 is 0.356 bits per heavy atom. The molecule has 13 aromatic rings. The van der Waals surface area contributed by atoms with Crippen molar-refractivity contribution in [3.63, 3.8) is 0 Å². The lowest BCUT2D eigenvalue weighted by Gasteiger charge is -2.30. The van der Waals surface area contributed by atoms with Crippen molar-refractivity contribution < 1.29 is 4.42 Å². The second kappa shape index (κ2) is 14.9. The molecule has 3 heteroatoms. The fourth-order valence-corrected chi connectivity index (χ4v) is 14.8. The number of benzene rings is 11. The molecule has 3 aliphatic rings. The summed E-state index contributed by atoms with van der Waals surface area (Å²) in [5.41, 5.74) is 25.4. The second-order valence-electron chi connectivity index (χ2n) is 20.7. The van der Waals surface area contributed by atoms with Crippen molar-refractivity contribution in [2.24, 2.45) is 0 Å². The minimum absolute atomic E-state index is 0.157. The van der Waals surface area contributed by atoms with Crippen molar-refractivity contribution in [3.05, 3.63) is 270 Å². The van der Waals surface area contributed by atoms with Crippen molar-refractivity contribution in [1.82, 2.24) is 0 Å². The number of nitrogens with zero attached hydrogens (tertiary/aromatic N) is 1. The van der Waals surface area contributed by atoms with Crippen LogP contribution in [0.4, 0.5) is 17.1 Å². The summed E-state index contributed by atoms with van der Waals surface area (Å²) >= 11 is 1.94. The monoisotopic (exact) mass is 947 g/mol. The van der Waals surface area contributed by atoms with Crippen LogP contribution in [-0.4, -0.2) is 0 Å². The van der Waals surface area contributed by atoms with Gasteiger partial charge in [0.2, 0.25) is 0 Å². The Balaban J connectivity index is 0.918. The molecule has 0 amide bonds. The highest BCUT2D eigenvalue weighted by atomic mass is 32.1. The van der Waals surface area contributed by atoms with Gasteiger partial charge in [-0.1, -0.05) is 208 Å². The lowest BCUT2D eigenvalue weighted by molar-refractivity contribution is 0.660. The lowest BCUT2D eigenvalue weighted by Crippen LogP contribution is -2.25. The number of furan rings is 1. The van der Waals surface area contributed by atoms with Crippen molar-refractivity contribution in [3.8, 4) is 55.6 Å². The number of rotatable bonds is 5. The molecule has 342 valence electrons. The Morgan fingerprint density at radius 3 is 1.78 bits per heavy atom. The molecule has 0 fully saturated rings. The van der Waals surface area contributed by atoms with Crippen LogP contribution in [-0.2, 0) is 10.8 Å². The molecular weight excluding hydrogens is 903 g/mol. The molecule has 0 bridgehead atoms. The molecule has 2 nitrogen and oxygen atoms in total. The van der Waals surface area contributed by atoms with E-state index in [0.717, 1.165) is 50.1 Å². The summed E-state index contributed by atoms with van der Waals surface area (Å²) in [6.45, 7) is 4.75. The first-order valence-electron chi connectivity index (χ1n) is 25.4. The smallest absolute Gasteiger partial charge is 0.143 e. The standard InChI is InChI=1S/C70H45NOS/c1-69(2)57-25-10-6-18-48(57)50-37-35-46(41-61(50)69)71(45-33-30-43(31-34-45)47-22-14-23-53-52-20-9-13-29-64(52)72-66(47)53)63-28-15-24-54-55-38-39-60-65(68(55)73-67(54)63)56-21-8-12-27-59(56)70(60)58-26-11-7-19-49(58)51-36-32-44(40-62(51)70)42-16-4-3-5-17-42/h3-41H,1-2H3. The van der Waals surface area contributed by atoms with Crippen molar-refractivity contribution in [2.45, 2.75) is 24.7 Å². The average Bonchev–Trinajstić information content (AvgIpc) is 4.23. The lowest BCUT2D eigenvalue weighted by atomic mass is 9.70. The highest BCUT2D eigenvalue weighted by molar-refractivity contribution is 7.27. The maximum atomic E-state index is 6.55. The molecule has 11 aromatic carbocycles. The van der Waals surface area contributed by atoms with Crippen molar-refractivity contribution in [2.75, 3.05) is 4.90 Å². The van der Waals surface area contributed by atoms with Gasteiger partial charge in [-0.2, -0.15) is 0 Å². The number of anilines is 3. The second-order valence-corrected chi connectivity index (χ2v) is 21.7. The summed E-state index contributed by atoms with van der Waals surface area (Å²) in [5.74, 6) is 0. The fraction of sp³-hybridized carbons (Fsp3) is 0.0571. The molecular formula is C70H45NOS. The molecule has 16 rings (SSSR count). The Kier molecular flexibility index (Phi) is 8.35. The first kappa shape index (κ1) is 40.9. The van der Waals surface area contributed by atoms with E-state index in [1.165, 1.54) is 98.1 Å². The van der Waals surface area contributed by atoms with Crippen molar-refractivity contribution in [1.29, 1.82) is 0 Å². The molecule has 73 heavy (non-hydrogen) atoms. The Morgan fingerprint density at radius 2 is 0.945 bits per heavy atom. The van der Waals surface area contributed by atoms with E-state index in [9.17, 15) is 0 Å². The summed E-state index contributed by atoms with van der Waals surface area (Å²) in [4.78, 5) is 2.51. The highest BCUT2D eigenvalue weighted by Gasteiger charge is 2.52. The quantitative estimate of drug-likeness (QED) is 0.171. The van der Waals surface area contributed by atoms with Gasteiger partial charge in [-0.25, -0.2) is 0 Å². The van der Waals surface area contributed by atoms with Gasteiger partial charge in [0.1, 0.15) is 11.2 Å². The van der Waals surface area contributed by atoms with Gasteiger partial charge in [0.15, 0.2) is 0 Å². The highest BCUT2D eigenvalue weighted by Crippen LogP contribution is 2.65. The van der Waals surface area contributed by atoms with Crippen LogP contribution in [0.2, 0.25) is 0 Å². The summed E-state index contributed by atoms with van der Waals surface area (Å²) in [5, 5.41) is 4.83. The van der Waals surface area contributed by atoms with Gasteiger partial charge >= 0.3 is 0 Å². The first-order valence-corrected chi connectivity index (χ1v) is 26.2. The van der Waals surface area contributed by atoms with E-state index in [0.29, 0.717) is 0 Å². The van der Waals surface area contributed by atoms with Crippen LogP contribution in [0.1, 0.15) is 47.2 Å². The average molecular weight is 948 g/mol. The van der Waals surface area contributed by atoms with Gasteiger partial charge in [-0.3, -0.25) is 0 Å². The van der Waals surface area contributed by atoms with Gasteiger partial charge in [0.05, 0.1) is 15.8 Å². The zero-order valence-corrected chi connectivity index (χ0v) is 41.1. The third-order valence-electron chi connectivity index (χ3n) is 16.7. The largest absolute Gasteiger partial charge is 0.455 e. The molecule has 2 heterocycles. The minimum Gasteiger partial charge on any atom is -0.455 e. The molecule has 3 aliphatic carbocycles. The summed E-state index contributed by atoms with van der Waals surface area (Å²) in [6, 6.07) is 88.3. The number of hydrogen-bond donors (Lipinski definition) is 0. The number of fused-ring (bicyclic) bond motifs is 20. The third kappa shape index (κ3) is 5.47. The van der Waals surface area contributed by atoms with E-state index < -0.39 is 5.41 Å². The van der Waals surface area contributed by atoms with Crippen LogP contribution >= 0.6 is 11.3 Å². The molecule has 0 saturated carbocycles. The van der Waals surface area contributed by atoms with Gasteiger partial charge in [0, 0.05) is 54.2 Å². The van der Waals surface area contributed by atoms with Gasteiger partial charge in [-0.05, 0) is 120 Å². The Bertz CT molecular complexity index is 4480. The SMILES string of the molecule is CC1(C)c2ccccc2-c2ccc(N(c3ccc(-c4cccc5c4oc4ccccc45)cc3)c3cccc4c3sc3c5c(ccc34)C3(c4ccccc4-c4ccc(-c6ccccc6)cc43)c3ccccc3-5)cc21. The maximum Gasteiger partial charge on any atom is 0.143 e. The van der Waals surface area contributed by atoms with Crippen LogP contribution in [0.5, 0.6) is 0 Å². The summed E-state index contributed by atoms with van der Waals surface area (Å²) < 4.78 is 9.15. The predicted molar refractivity (Wildman–Crippen MR) is 306 cm³/mol. The van der Waals surface area contributed by atoms with Crippen LogP contribution in [0, 0.1) is 0 Å². The maximum absolute atomic E-state index is 6.55. The van der Waals surface area contributed by atoms with E-state index in [2.05, 4.69) is 249 Å². The fourth-order valence-electron chi connectivity index (χ4n) is 13.5. The van der Waals surface area contributed by atoms with E-state index in [1.807, 2.05) is 17.4 Å². The first-order chi connectivity index (χ1) is 36.0. The summed E-state index contributed by atoms with van der Waals surface area (Å²) in [6.07, 6.45) is 0.